The number of nitrogens with one attached hydrogen (secondary N) is 2. The molecule has 2 aromatic carbocycles. The van der Waals surface area contributed by atoms with Crippen molar-refractivity contribution in [2.45, 2.75) is 51.5 Å². The fourth-order valence-electron chi connectivity index (χ4n) is 4.46. The molecule has 1 aliphatic rings. The first-order chi connectivity index (χ1) is 17.8. The molecule has 4 rings (SSSR count). The molecule has 0 atom stereocenters. The molecule has 0 bridgehead atoms. The SMILES string of the molecule is N=C(N)c1ccc2cc(OC(=O)c3ccc(CNC(=O)CC(CC(=O)O)=C4CCCCC4)o3)ccc2c1. The molecule has 1 aliphatic carbocycles. The number of carbonyl (C=O) groups is 3. The number of carbonyl (C=O) groups excluding carboxylic acids is 2. The van der Waals surface area contributed by atoms with Gasteiger partial charge in [-0.05, 0) is 66.8 Å². The molecule has 1 heterocycles. The molecular weight excluding hydrogens is 474 g/mol. The zero-order chi connectivity index (χ0) is 26.4. The summed E-state index contributed by atoms with van der Waals surface area (Å²) in [5.41, 5.74) is 7.90. The highest BCUT2D eigenvalue weighted by Crippen LogP contribution is 2.29. The number of allylic oxidation sites excluding steroid dienone is 1. The summed E-state index contributed by atoms with van der Waals surface area (Å²) in [4.78, 5) is 36.3. The number of hydrogen-bond donors (Lipinski definition) is 4. The zero-order valence-electron chi connectivity index (χ0n) is 20.3. The van der Waals surface area contributed by atoms with Crippen LogP contribution in [0.4, 0.5) is 0 Å². The Morgan fingerprint density at radius 1 is 0.973 bits per heavy atom. The van der Waals surface area contributed by atoms with Crippen LogP contribution >= 0.6 is 0 Å². The molecule has 0 radical (unpaired) electrons. The van der Waals surface area contributed by atoms with Crippen molar-refractivity contribution in [3.63, 3.8) is 0 Å². The van der Waals surface area contributed by atoms with E-state index in [0.717, 1.165) is 48.4 Å². The lowest BCUT2D eigenvalue weighted by molar-refractivity contribution is -0.136. The van der Waals surface area contributed by atoms with Crippen LogP contribution in [0.5, 0.6) is 5.75 Å². The van der Waals surface area contributed by atoms with Gasteiger partial charge in [-0.1, -0.05) is 35.8 Å². The van der Waals surface area contributed by atoms with E-state index in [2.05, 4.69) is 5.32 Å². The van der Waals surface area contributed by atoms with Gasteiger partial charge in [0.25, 0.3) is 0 Å². The Morgan fingerprint density at radius 3 is 2.43 bits per heavy atom. The van der Waals surface area contributed by atoms with Gasteiger partial charge in [0, 0.05) is 12.0 Å². The van der Waals surface area contributed by atoms with Crippen LogP contribution in [-0.2, 0) is 16.1 Å². The Morgan fingerprint density at radius 2 is 1.70 bits per heavy atom. The van der Waals surface area contributed by atoms with Gasteiger partial charge in [-0.25, -0.2) is 4.79 Å². The minimum Gasteiger partial charge on any atom is -0.481 e. The van der Waals surface area contributed by atoms with E-state index >= 15 is 0 Å². The van der Waals surface area contributed by atoms with Crippen molar-refractivity contribution in [2.75, 3.05) is 0 Å². The van der Waals surface area contributed by atoms with Crippen LogP contribution in [-0.4, -0.2) is 28.8 Å². The summed E-state index contributed by atoms with van der Waals surface area (Å²) in [5.74, 6) is -1.23. The topological polar surface area (TPSA) is 156 Å². The lowest BCUT2D eigenvalue weighted by Gasteiger charge is -2.18. The third kappa shape index (κ3) is 6.84. The Labute approximate surface area is 213 Å². The summed E-state index contributed by atoms with van der Waals surface area (Å²) in [6, 6.07) is 13.5. The van der Waals surface area contributed by atoms with E-state index in [-0.39, 0.29) is 36.9 Å². The predicted molar refractivity (Wildman–Crippen MR) is 137 cm³/mol. The Kier molecular flexibility index (Phi) is 8.02. The number of nitrogens with two attached hydrogens (primary N) is 1. The first-order valence-electron chi connectivity index (χ1n) is 12.2. The van der Waals surface area contributed by atoms with Crippen molar-refractivity contribution in [1.82, 2.24) is 5.32 Å². The van der Waals surface area contributed by atoms with Gasteiger partial charge in [0.05, 0.1) is 13.0 Å². The second kappa shape index (κ2) is 11.6. The van der Waals surface area contributed by atoms with Crippen molar-refractivity contribution < 1.29 is 28.6 Å². The Bertz CT molecular complexity index is 1380. The molecule has 37 heavy (non-hydrogen) atoms. The number of hydrogen-bond acceptors (Lipinski definition) is 6. The highest BCUT2D eigenvalue weighted by Gasteiger charge is 2.18. The van der Waals surface area contributed by atoms with Gasteiger partial charge >= 0.3 is 11.9 Å². The number of aliphatic carboxylic acids is 1. The normalized spacial score (nSPS) is 13.2. The largest absolute Gasteiger partial charge is 0.481 e. The summed E-state index contributed by atoms with van der Waals surface area (Å²) < 4.78 is 11.0. The molecule has 0 unspecified atom stereocenters. The van der Waals surface area contributed by atoms with E-state index in [9.17, 15) is 19.5 Å². The number of nitrogen functional groups attached to an aromatic ring is 1. The van der Waals surface area contributed by atoms with E-state index in [1.807, 2.05) is 0 Å². The molecule has 1 fully saturated rings. The predicted octanol–water partition coefficient (Wildman–Crippen LogP) is 4.68. The molecule has 1 aromatic heterocycles. The number of carboxylic acids is 1. The van der Waals surface area contributed by atoms with Crippen molar-refractivity contribution in [3.8, 4) is 5.75 Å². The van der Waals surface area contributed by atoms with Gasteiger partial charge < -0.3 is 25.3 Å². The Balaban J connectivity index is 1.34. The summed E-state index contributed by atoms with van der Waals surface area (Å²) in [6.07, 6.45) is 4.75. The molecule has 0 saturated heterocycles. The number of carboxylic acid groups (broad SMARTS) is 1. The minimum atomic E-state index is -0.942. The summed E-state index contributed by atoms with van der Waals surface area (Å²) in [6.45, 7) is 0.0657. The number of ether oxygens (including phenoxy) is 1. The van der Waals surface area contributed by atoms with E-state index in [4.69, 9.17) is 20.3 Å². The number of rotatable bonds is 9. The van der Waals surface area contributed by atoms with Crippen molar-refractivity contribution in [1.29, 1.82) is 5.41 Å². The molecule has 192 valence electrons. The number of amides is 1. The molecule has 5 N–H and O–H groups in total. The highest BCUT2D eigenvalue weighted by atomic mass is 16.5. The fourth-order valence-corrected chi connectivity index (χ4v) is 4.46. The third-order valence-corrected chi connectivity index (χ3v) is 6.35. The van der Waals surface area contributed by atoms with E-state index in [1.54, 1.807) is 42.5 Å². The quantitative estimate of drug-likeness (QED) is 0.109. The van der Waals surface area contributed by atoms with Gasteiger partial charge in [-0.2, -0.15) is 0 Å². The number of furan rings is 1. The molecular formula is C28H29N3O6. The van der Waals surface area contributed by atoms with Crippen molar-refractivity contribution >= 4 is 34.5 Å². The standard InChI is InChI=1S/C28H29N3O6/c29-27(30)20-7-6-19-13-22(9-8-18(19)12-20)37-28(35)24-11-10-23(36-24)16-31-25(32)14-21(15-26(33)34)17-4-2-1-3-5-17/h6-13H,1-5,14-16H2,(H3,29,30)(H,31,32)(H,33,34). The highest BCUT2D eigenvalue weighted by molar-refractivity contribution is 5.99. The van der Waals surface area contributed by atoms with Crippen LogP contribution in [0.1, 0.15) is 66.8 Å². The maximum absolute atomic E-state index is 12.6. The van der Waals surface area contributed by atoms with Crippen LogP contribution in [0.3, 0.4) is 0 Å². The lowest BCUT2D eigenvalue weighted by Crippen LogP contribution is -2.23. The van der Waals surface area contributed by atoms with Crippen LogP contribution in [0.2, 0.25) is 0 Å². The fraction of sp³-hybridized carbons (Fsp3) is 0.286. The van der Waals surface area contributed by atoms with E-state index in [1.165, 1.54) is 6.07 Å². The molecule has 1 saturated carbocycles. The summed E-state index contributed by atoms with van der Waals surface area (Å²) >= 11 is 0. The van der Waals surface area contributed by atoms with Gasteiger partial charge in [0.15, 0.2) is 0 Å². The second-order valence-corrected chi connectivity index (χ2v) is 9.08. The molecule has 0 aliphatic heterocycles. The lowest BCUT2D eigenvalue weighted by atomic mass is 9.88. The van der Waals surface area contributed by atoms with Crippen LogP contribution in [0.25, 0.3) is 10.8 Å². The van der Waals surface area contributed by atoms with Crippen molar-refractivity contribution in [3.05, 3.63) is 76.8 Å². The molecule has 9 nitrogen and oxygen atoms in total. The van der Waals surface area contributed by atoms with Crippen molar-refractivity contribution in [2.24, 2.45) is 5.73 Å². The monoisotopic (exact) mass is 503 g/mol. The molecule has 3 aromatic rings. The van der Waals surface area contributed by atoms with Crippen LogP contribution in [0.15, 0.2) is 64.1 Å². The maximum Gasteiger partial charge on any atom is 0.379 e. The van der Waals surface area contributed by atoms with Gasteiger partial charge in [0.2, 0.25) is 11.7 Å². The zero-order valence-corrected chi connectivity index (χ0v) is 20.3. The summed E-state index contributed by atoms with van der Waals surface area (Å²) in [5, 5.41) is 21.2. The van der Waals surface area contributed by atoms with Gasteiger partial charge in [-0.3, -0.25) is 15.0 Å². The van der Waals surface area contributed by atoms with Gasteiger partial charge in [0.1, 0.15) is 17.3 Å². The smallest absolute Gasteiger partial charge is 0.379 e. The maximum atomic E-state index is 12.6. The van der Waals surface area contributed by atoms with Crippen LogP contribution in [0, 0.1) is 5.41 Å². The van der Waals surface area contributed by atoms with Gasteiger partial charge in [-0.15, -0.1) is 0 Å². The van der Waals surface area contributed by atoms with Crippen LogP contribution < -0.4 is 15.8 Å². The average molecular weight is 504 g/mol. The van der Waals surface area contributed by atoms with E-state index < -0.39 is 11.9 Å². The molecule has 9 heteroatoms. The first-order valence-corrected chi connectivity index (χ1v) is 12.2. The number of esters is 1. The first kappa shape index (κ1) is 25.7. The minimum absolute atomic E-state index is 0.00726. The second-order valence-electron chi connectivity index (χ2n) is 9.08. The molecule has 0 spiro atoms. The number of benzene rings is 2. The van der Waals surface area contributed by atoms with E-state index in [0.29, 0.717) is 22.6 Å². The molecule has 1 amide bonds. The number of amidine groups is 1. The summed E-state index contributed by atoms with van der Waals surface area (Å²) in [7, 11) is 0. The number of fused-ring (bicyclic) bond motifs is 1. The average Bonchev–Trinajstić information content (AvgIpc) is 3.36. The Hall–Kier alpha value is -4.40. The third-order valence-electron chi connectivity index (χ3n) is 6.35.